The maximum atomic E-state index is 12.6. The number of hydrogen-bond donors (Lipinski definition) is 2. The van der Waals surface area contributed by atoms with Crippen LogP contribution in [0.2, 0.25) is 0 Å². The van der Waals surface area contributed by atoms with Gasteiger partial charge in [0.15, 0.2) is 0 Å². The highest BCUT2D eigenvalue weighted by Crippen LogP contribution is 2.41. The van der Waals surface area contributed by atoms with E-state index in [9.17, 15) is 9.59 Å². The van der Waals surface area contributed by atoms with Gasteiger partial charge in [0, 0.05) is 19.2 Å². The molecule has 1 fully saturated rings. The summed E-state index contributed by atoms with van der Waals surface area (Å²) in [5.74, 6) is 1.24. The molecule has 154 valence electrons. The largest absolute Gasteiger partial charge is 0.497 e. The van der Waals surface area contributed by atoms with Gasteiger partial charge in [-0.05, 0) is 61.2 Å². The van der Waals surface area contributed by atoms with E-state index in [4.69, 9.17) is 4.74 Å². The summed E-state index contributed by atoms with van der Waals surface area (Å²) < 4.78 is 5.23. The van der Waals surface area contributed by atoms with Gasteiger partial charge in [0.05, 0.1) is 19.7 Å². The Kier molecular flexibility index (Phi) is 6.88. The molecule has 0 saturated heterocycles. The molecule has 29 heavy (non-hydrogen) atoms. The Morgan fingerprint density at radius 1 is 1.10 bits per heavy atom. The summed E-state index contributed by atoms with van der Waals surface area (Å²) in [6.07, 6.45) is 2.29. The predicted molar refractivity (Wildman–Crippen MR) is 113 cm³/mol. The van der Waals surface area contributed by atoms with E-state index in [1.807, 2.05) is 48.3 Å². The van der Waals surface area contributed by atoms with Crippen LogP contribution in [0.5, 0.6) is 5.75 Å². The Balaban J connectivity index is 1.54. The molecule has 2 aromatic rings. The number of benzene rings is 2. The Hall–Kier alpha value is -2.86. The molecule has 0 aromatic heterocycles. The van der Waals surface area contributed by atoms with Gasteiger partial charge in [-0.3, -0.25) is 14.5 Å². The predicted octanol–water partition coefficient (Wildman–Crippen LogP) is 2.75. The highest BCUT2D eigenvalue weighted by Gasteiger charge is 2.33. The first-order valence-corrected chi connectivity index (χ1v) is 9.93. The van der Waals surface area contributed by atoms with Gasteiger partial charge in [-0.1, -0.05) is 24.3 Å². The molecular formula is C23H29N3O3. The summed E-state index contributed by atoms with van der Waals surface area (Å²) in [7, 11) is 5.19. The number of carbonyl (C=O) groups excluding carboxylic acids is 2. The zero-order valence-corrected chi connectivity index (χ0v) is 17.3. The number of nitrogens with zero attached hydrogens (tertiary/aromatic N) is 1. The third kappa shape index (κ3) is 5.81. The van der Waals surface area contributed by atoms with Crippen LogP contribution in [0.25, 0.3) is 0 Å². The molecule has 0 bridgehead atoms. The summed E-state index contributed by atoms with van der Waals surface area (Å²) in [6, 6.07) is 15.4. The quantitative estimate of drug-likeness (QED) is 0.685. The van der Waals surface area contributed by atoms with Crippen LogP contribution in [0.1, 0.15) is 40.4 Å². The van der Waals surface area contributed by atoms with E-state index in [1.165, 1.54) is 0 Å². The zero-order chi connectivity index (χ0) is 20.8. The summed E-state index contributed by atoms with van der Waals surface area (Å²) in [4.78, 5) is 26.2. The highest BCUT2D eigenvalue weighted by atomic mass is 16.5. The van der Waals surface area contributed by atoms with E-state index in [2.05, 4.69) is 10.6 Å². The molecule has 0 spiro atoms. The molecule has 0 heterocycles. The minimum Gasteiger partial charge on any atom is -0.497 e. The lowest BCUT2D eigenvalue weighted by Gasteiger charge is -2.22. The van der Waals surface area contributed by atoms with E-state index in [-0.39, 0.29) is 17.9 Å². The van der Waals surface area contributed by atoms with Gasteiger partial charge in [-0.2, -0.15) is 0 Å². The Morgan fingerprint density at radius 3 is 2.31 bits per heavy atom. The summed E-state index contributed by atoms with van der Waals surface area (Å²) in [5.41, 5.74) is 2.80. The first-order valence-electron chi connectivity index (χ1n) is 9.93. The average molecular weight is 396 g/mol. The molecule has 6 heteroatoms. The molecule has 6 nitrogen and oxygen atoms in total. The van der Waals surface area contributed by atoms with Crippen LogP contribution in [0.3, 0.4) is 0 Å². The average Bonchev–Trinajstić information content (AvgIpc) is 3.57. The SMILES string of the molecule is CNC(=O)c1ccc(CN(C)CC(=O)NC(c2ccc(OC)cc2)C2CC2)cc1. The first kappa shape index (κ1) is 20.9. The second-order valence-corrected chi connectivity index (χ2v) is 7.60. The van der Waals surface area contributed by atoms with Crippen LogP contribution in [0.15, 0.2) is 48.5 Å². The molecule has 1 atom stereocenters. The molecule has 2 amide bonds. The number of nitrogens with one attached hydrogen (secondary N) is 2. The topological polar surface area (TPSA) is 70.7 Å². The molecule has 1 saturated carbocycles. The van der Waals surface area contributed by atoms with Crippen molar-refractivity contribution >= 4 is 11.8 Å². The molecule has 1 unspecified atom stereocenters. The number of likely N-dealkylation sites (N-methyl/N-ethyl adjacent to an activating group) is 1. The number of methoxy groups -OCH3 is 1. The normalized spacial score (nSPS) is 14.3. The van der Waals surface area contributed by atoms with Gasteiger partial charge < -0.3 is 15.4 Å². The maximum absolute atomic E-state index is 12.6. The van der Waals surface area contributed by atoms with E-state index in [0.717, 1.165) is 29.7 Å². The van der Waals surface area contributed by atoms with E-state index in [1.54, 1.807) is 26.3 Å². The Morgan fingerprint density at radius 2 is 1.76 bits per heavy atom. The maximum Gasteiger partial charge on any atom is 0.251 e. The first-order chi connectivity index (χ1) is 14.0. The number of ether oxygens (including phenoxy) is 1. The molecule has 1 aliphatic rings. The van der Waals surface area contributed by atoms with Crippen molar-refractivity contribution in [2.45, 2.75) is 25.4 Å². The molecule has 3 rings (SSSR count). The zero-order valence-electron chi connectivity index (χ0n) is 17.3. The standard InChI is InChI=1S/C23H29N3O3/c1-24-23(28)19-6-4-16(5-7-19)14-26(2)15-21(27)25-22(17-8-9-17)18-10-12-20(29-3)13-11-18/h4-7,10-13,17,22H,8-9,14-15H2,1-3H3,(H,24,28)(H,25,27). The summed E-state index contributed by atoms with van der Waals surface area (Å²) >= 11 is 0. The van der Waals surface area contributed by atoms with Gasteiger partial charge in [0.2, 0.25) is 5.91 Å². The van der Waals surface area contributed by atoms with Crippen LogP contribution in [0.4, 0.5) is 0 Å². The molecule has 1 aliphatic carbocycles. The number of rotatable bonds is 9. The van der Waals surface area contributed by atoms with Crippen molar-refractivity contribution in [2.24, 2.45) is 5.92 Å². The smallest absolute Gasteiger partial charge is 0.251 e. The van der Waals surface area contributed by atoms with Crippen molar-refractivity contribution in [1.82, 2.24) is 15.5 Å². The van der Waals surface area contributed by atoms with Crippen LogP contribution in [0, 0.1) is 5.92 Å². The van der Waals surface area contributed by atoms with Crippen LogP contribution < -0.4 is 15.4 Å². The molecular weight excluding hydrogens is 366 g/mol. The lowest BCUT2D eigenvalue weighted by molar-refractivity contribution is -0.123. The van der Waals surface area contributed by atoms with Crippen LogP contribution in [-0.4, -0.2) is 44.5 Å². The summed E-state index contributed by atoms with van der Waals surface area (Å²) in [5, 5.41) is 5.82. The summed E-state index contributed by atoms with van der Waals surface area (Å²) in [6.45, 7) is 0.953. The van der Waals surface area contributed by atoms with Crippen molar-refractivity contribution in [3.05, 3.63) is 65.2 Å². The molecule has 0 radical (unpaired) electrons. The number of carbonyl (C=O) groups is 2. The second-order valence-electron chi connectivity index (χ2n) is 7.60. The minimum atomic E-state index is -0.103. The fraction of sp³-hybridized carbons (Fsp3) is 0.391. The van der Waals surface area contributed by atoms with Crippen molar-refractivity contribution in [3.63, 3.8) is 0 Å². The minimum absolute atomic E-state index is 0.0159. The van der Waals surface area contributed by atoms with Crippen molar-refractivity contribution in [3.8, 4) is 5.75 Å². The Bertz CT molecular complexity index is 829. The number of amides is 2. The van der Waals surface area contributed by atoms with Gasteiger partial charge >= 0.3 is 0 Å². The highest BCUT2D eigenvalue weighted by molar-refractivity contribution is 5.93. The monoisotopic (exact) mass is 395 g/mol. The fourth-order valence-electron chi connectivity index (χ4n) is 3.45. The molecule has 2 aromatic carbocycles. The van der Waals surface area contributed by atoms with Crippen molar-refractivity contribution in [1.29, 1.82) is 0 Å². The fourth-order valence-corrected chi connectivity index (χ4v) is 3.45. The van der Waals surface area contributed by atoms with Gasteiger partial charge in [0.1, 0.15) is 5.75 Å². The lowest BCUT2D eigenvalue weighted by atomic mass is 10.0. The third-order valence-corrected chi connectivity index (χ3v) is 5.19. The van der Waals surface area contributed by atoms with Gasteiger partial charge in [0.25, 0.3) is 5.91 Å². The lowest BCUT2D eigenvalue weighted by Crippen LogP contribution is -2.37. The van der Waals surface area contributed by atoms with Crippen molar-refractivity contribution < 1.29 is 14.3 Å². The van der Waals surface area contributed by atoms with Gasteiger partial charge in [-0.25, -0.2) is 0 Å². The van der Waals surface area contributed by atoms with Crippen molar-refractivity contribution in [2.75, 3.05) is 27.7 Å². The van der Waals surface area contributed by atoms with E-state index < -0.39 is 0 Å². The molecule has 2 N–H and O–H groups in total. The Labute approximate surface area is 172 Å². The van der Waals surface area contributed by atoms with E-state index in [0.29, 0.717) is 24.6 Å². The van der Waals surface area contributed by atoms with Crippen LogP contribution in [-0.2, 0) is 11.3 Å². The van der Waals surface area contributed by atoms with Gasteiger partial charge in [-0.15, -0.1) is 0 Å². The second kappa shape index (κ2) is 9.56. The van der Waals surface area contributed by atoms with Crippen LogP contribution >= 0.6 is 0 Å². The van der Waals surface area contributed by atoms with E-state index >= 15 is 0 Å². The number of hydrogen-bond acceptors (Lipinski definition) is 4. The third-order valence-electron chi connectivity index (χ3n) is 5.19. The molecule has 0 aliphatic heterocycles.